The zero-order chi connectivity index (χ0) is 19.5. The highest BCUT2D eigenvalue weighted by Gasteiger charge is 2.34. The number of carbonyl (C=O) groups is 1. The molecule has 0 saturated heterocycles. The Balaban J connectivity index is 2.14. The fraction of sp³-hybridized carbons (Fsp3) is 0.250. The normalized spacial score (nSPS) is 11.1. The zero-order valence-electron chi connectivity index (χ0n) is 13.6. The van der Waals surface area contributed by atoms with Crippen LogP contribution in [0.5, 0.6) is 0 Å². The number of rotatable bonds is 4. The molecule has 0 radical (unpaired) electrons. The van der Waals surface area contributed by atoms with Crippen LogP contribution in [0.4, 0.5) is 18.9 Å². The van der Waals surface area contributed by atoms with Crippen molar-refractivity contribution in [2.24, 2.45) is 0 Å². The molecule has 0 aliphatic heterocycles. The van der Waals surface area contributed by atoms with Crippen LogP contribution in [0.3, 0.4) is 0 Å². The van der Waals surface area contributed by atoms with Crippen molar-refractivity contribution in [2.75, 3.05) is 11.1 Å². The van der Waals surface area contributed by atoms with Crippen LogP contribution in [-0.2, 0) is 11.0 Å². The zero-order valence-corrected chi connectivity index (χ0v) is 15.2. The molecule has 2 aromatic rings. The van der Waals surface area contributed by atoms with Crippen LogP contribution in [0.2, 0.25) is 5.02 Å². The van der Waals surface area contributed by atoms with E-state index in [0.717, 1.165) is 23.9 Å². The standard InChI is InChI=1S/C16H12ClF3N4OS/c1-8-9(2)23-24-15(11(8)6-21)26-7-14(25)22-13-4-3-10(17)5-12(13)16(18,19)20/h3-5H,7H2,1-2H3,(H,22,25). The van der Waals surface area contributed by atoms with Crippen molar-refractivity contribution in [3.8, 4) is 6.07 Å². The Hall–Kier alpha value is -2.31. The number of halogens is 4. The molecule has 5 nitrogen and oxygen atoms in total. The molecule has 1 aromatic heterocycles. The molecule has 10 heteroatoms. The molecular weight excluding hydrogens is 389 g/mol. The van der Waals surface area contributed by atoms with Crippen LogP contribution in [0, 0.1) is 25.2 Å². The van der Waals surface area contributed by atoms with E-state index in [2.05, 4.69) is 15.5 Å². The first-order chi connectivity index (χ1) is 12.1. The van der Waals surface area contributed by atoms with Gasteiger partial charge in [0.25, 0.3) is 0 Å². The third-order valence-corrected chi connectivity index (χ3v) is 4.64. The first-order valence-electron chi connectivity index (χ1n) is 7.17. The molecule has 2 rings (SSSR count). The highest BCUT2D eigenvalue weighted by atomic mass is 35.5. The van der Waals surface area contributed by atoms with Gasteiger partial charge in [0, 0.05) is 5.02 Å². The summed E-state index contributed by atoms with van der Waals surface area (Å²) in [6.07, 6.45) is -4.66. The van der Waals surface area contributed by atoms with Gasteiger partial charge in [-0.1, -0.05) is 23.4 Å². The van der Waals surface area contributed by atoms with E-state index in [0.29, 0.717) is 11.3 Å². The van der Waals surface area contributed by atoms with E-state index >= 15 is 0 Å². The van der Waals surface area contributed by atoms with Crippen LogP contribution in [0.25, 0.3) is 0 Å². The maximum atomic E-state index is 13.0. The third kappa shape index (κ3) is 4.65. The maximum Gasteiger partial charge on any atom is 0.418 e. The number of carbonyl (C=O) groups excluding carboxylic acids is 1. The van der Waals surface area contributed by atoms with Gasteiger partial charge in [-0.2, -0.15) is 23.5 Å². The summed E-state index contributed by atoms with van der Waals surface area (Å²) >= 11 is 6.52. The van der Waals surface area contributed by atoms with Crippen LogP contribution in [-0.4, -0.2) is 21.9 Å². The summed E-state index contributed by atoms with van der Waals surface area (Å²) in [6, 6.07) is 5.08. The number of aryl methyl sites for hydroxylation is 1. The van der Waals surface area contributed by atoms with Crippen molar-refractivity contribution in [3.63, 3.8) is 0 Å². The number of anilines is 1. The first-order valence-corrected chi connectivity index (χ1v) is 8.53. The number of nitrogens with zero attached hydrogens (tertiary/aromatic N) is 3. The van der Waals surface area contributed by atoms with Gasteiger partial charge in [-0.3, -0.25) is 4.79 Å². The van der Waals surface area contributed by atoms with E-state index in [1.165, 1.54) is 6.07 Å². The first kappa shape index (κ1) is 20.0. The van der Waals surface area contributed by atoms with Crippen molar-refractivity contribution in [1.29, 1.82) is 5.26 Å². The highest BCUT2D eigenvalue weighted by Crippen LogP contribution is 2.36. The number of benzene rings is 1. The fourth-order valence-electron chi connectivity index (χ4n) is 2.00. The molecule has 0 atom stereocenters. The van der Waals surface area contributed by atoms with Crippen molar-refractivity contribution < 1.29 is 18.0 Å². The molecule has 1 amide bonds. The number of alkyl halides is 3. The van der Waals surface area contributed by atoms with Gasteiger partial charge in [-0.25, -0.2) is 0 Å². The van der Waals surface area contributed by atoms with E-state index in [9.17, 15) is 23.2 Å². The van der Waals surface area contributed by atoms with Gasteiger partial charge >= 0.3 is 6.18 Å². The second-order valence-corrected chi connectivity index (χ2v) is 6.63. The summed E-state index contributed by atoms with van der Waals surface area (Å²) in [4.78, 5) is 12.0. The Labute approximate surface area is 156 Å². The summed E-state index contributed by atoms with van der Waals surface area (Å²) in [7, 11) is 0. The number of amides is 1. The summed E-state index contributed by atoms with van der Waals surface area (Å²) in [6.45, 7) is 3.40. The van der Waals surface area contributed by atoms with Crippen molar-refractivity contribution in [1.82, 2.24) is 10.2 Å². The second kappa shape index (κ2) is 7.93. The van der Waals surface area contributed by atoms with Gasteiger partial charge in [0.2, 0.25) is 5.91 Å². The Morgan fingerprint density at radius 2 is 2.04 bits per heavy atom. The predicted molar refractivity (Wildman–Crippen MR) is 92.0 cm³/mol. The Morgan fingerprint density at radius 3 is 2.65 bits per heavy atom. The minimum absolute atomic E-state index is 0.0891. The quantitative estimate of drug-likeness (QED) is 0.771. The van der Waals surface area contributed by atoms with Gasteiger partial charge < -0.3 is 5.32 Å². The van der Waals surface area contributed by atoms with Crippen molar-refractivity contribution >= 4 is 35.0 Å². The lowest BCUT2D eigenvalue weighted by Gasteiger charge is -2.14. The summed E-state index contributed by atoms with van der Waals surface area (Å²) in [5, 5.41) is 19.3. The summed E-state index contributed by atoms with van der Waals surface area (Å²) < 4.78 is 39.1. The number of thioether (sulfide) groups is 1. The van der Waals surface area contributed by atoms with Gasteiger partial charge in [-0.15, -0.1) is 5.10 Å². The molecule has 0 fully saturated rings. The van der Waals surface area contributed by atoms with E-state index in [4.69, 9.17) is 11.6 Å². The summed E-state index contributed by atoms with van der Waals surface area (Å²) in [5.41, 5.74) is 0.0952. The molecule has 26 heavy (non-hydrogen) atoms. The van der Waals surface area contributed by atoms with Gasteiger partial charge in [0.15, 0.2) is 0 Å². The molecule has 0 spiro atoms. The predicted octanol–water partition coefficient (Wildman–Crippen LogP) is 4.37. The van der Waals surface area contributed by atoms with Crippen LogP contribution in [0.15, 0.2) is 23.2 Å². The Kier molecular flexibility index (Phi) is 6.10. The van der Waals surface area contributed by atoms with Gasteiger partial charge in [0.05, 0.1) is 28.3 Å². The molecule has 0 aliphatic carbocycles. The average Bonchev–Trinajstić information content (AvgIpc) is 2.56. The van der Waals surface area contributed by atoms with Crippen molar-refractivity contribution in [3.05, 3.63) is 45.6 Å². The largest absolute Gasteiger partial charge is 0.418 e. The fourth-order valence-corrected chi connectivity index (χ4v) is 2.95. The molecule has 1 heterocycles. The lowest BCUT2D eigenvalue weighted by molar-refractivity contribution is -0.137. The van der Waals surface area contributed by atoms with E-state index < -0.39 is 17.6 Å². The molecule has 0 bridgehead atoms. The molecule has 0 saturated carbocycles. The molecule has 0 unspecified atom stereocenters. The monoisotopic (exact) mass is 400 g/mol. The number of nitrogens with one attached hydrogen (secondary N) is 1. The van der Waals surface area contributed by atoms with Crippen LogP contribution < -0.4 is 5.32 Å². The number of hydrogen-bond donors (Lipinski definition) is 1. The Bertz CT molecular complexity index is 896. The Morgan fingerprint density at radius 1 is 1.35 bits per heavy atom. The lowest BCUT2D eigenvalue weighted by Crippen LogP contribution is -2.18. The molecule has 1 aromatic carbocycles. The minimum atomic E-state index is -4.66. The third-order valence-electron chi connectivity index (χ3n) is 3.44. The number of hydrogen-bond acceptors (Lipinski definition) is 5. The van der Waals surface area contributed by atoms with Crippen LogP contribution in [0.1, 0.15) is 22.4 Å². The van der Waals surface area contributed by atoms with Gasteiger partial charge in [0.1, 0.15) is 11.1 Å². The number of aromatic nitrogens is 2. The molecular formula is C16H12ClF3N4OS. The second-order valence-electron chi connectivity index (χ2n) is 5.23. The molecule has 0 aliphatic rings. The van der Waals surface area contributed by atoms with E-state index in [1.807, 2.05) is 6.07 Å². The van der Waals surface area contributed by atoms with Gasteiger partial charge in [-0.05, 0) is 37.6 Å². The lowest BCUT2D eigenvalue weighted by atomic mass is 10.1. The smallest absolute Gasteiger partial charge is 0.325 e. The van der Waals surface area contributed by atoms with E-state index in [-0.39, 0.29) is 27.1 Å². The average molecular weight is 401 g/mol. The maximum absolute atomic E-state index is 13.0. The van der Waals surface area contributed by atoms with Crippen molar-refractivity contribution in [2.45, 2.75) is 25.0 Å². The molecule has 136 valence electrons. The highest BCUT2D eigenvalue weighted by molar-refractivity contribution is 8.00. The summed E-state index contributed by atoms with van der Waals surface area (Å²) in [5.74, 6) is -0.905. The molecule has 1 N–H and O–H groups in total. The SMILES string of the molecule is Cc1nnc(SCC(=O)Nc2ccc(Cl)cc2C(F)(F)F)c(C#N)c1C. The minimum Gasteiger partial charge on any atom is -0.325 e. The van der Waals surface area contributed by atoms with E-state index in [1.54, 1.807) is 13.8 Å². The topological polar surface area (TPSA) is 78.7 Å². The number of nitriles is 1. The van der Waals surface area contributed by atoms with Crippen LogP contribution >= 0.6 is 23.4 Å².